The average Bonchev–Trinajstić information content (AvgIpc) is 2.66. The van der Waals surface area contributed by atoms with E-state index in [-0.39, 0.29) is 11.9 Å². The molecule has 28 heavy (non-hydrogen) atoms. The summed E-state index contributed by atoms with van der Waals surface area (Å²) in [7, 11) is 3.99. The molecule has 7 nitrogen and oxygen atoms in total. The van der Waals surface area contributed by atoms with Crippen LogP contribution in [0.1, 0.15) is 47.3 Å². The van der Waals surface area contributed by atoms with E-state index in [4.69, 9.17) is 0 Å². The lowest BCUT2D eigenvalue weighted by molar-refractivity contribution is 0.0926. The van der Waals surface area contributed by atoms with Crippen LogP contribution in [-0.4, -0.2) is 47.0 Å². The van der Waals surface area contributed by atoms with Gasteiger partial charge < -0.3 is 15.5 Å². The highest BCUT2D eigenvalue weighted by Gasteiger charge is 2.24. The third kappa shape index (κ3) is 4.98. The third-order valence-electron chi connectivity index (χ3n) is 5.15. The number of anilines is 2. The van der Waals surface area contributed by atoms with Gasteiger partial charge in [0.2, 0.25) is 5.95 Å². The SMILES string of the molecule is Cc1nc(NC2CCC(NC(=O)c3cncc(Br)c3)CC2)nc(N(C)C)c1C. The summed E-state index contributed by atoms with van der Waals surface area (Å²) >= 11 is 3.35. The van der Waals surface area contributed by atoms with Gasteiger partial charge in [0.15, 0.2) is 0 Å². The van der Waals surface area contributed by atoms with Crippen LogP contribution in [0.25, 0.3) is 0 Å². The Bertz CT molecular complexity index is 849. The topological polar surface area (TPSA) is 83.0 Å². The highest BCUT2D eigenvalue weighted by atomic mass is 79.9. The highest BCUT2D eigenvalue weighted by molar-refractivity contribution is 9.10. The monoisotopic (exact) mass is 446 g/mol. The summed E-state index contributed by atoms with van der Waals surface area (Å²) in [5, 5.41) is 6.60. The van der Waals surface area contributed by atoms with Crippen molar-refractivity contribution in [2.24, 2.45) is 0 Å². The molecule has 0 radical (unpaired) electrons. The molecule has 2 aromatic heterocycles. The van der Waals surface area contributed by atoms with Crippen LogP contribution in [0.3, 0.4) is 0 Å². The van der Waals surface area contributed by atoms with Crippen LogP contribution >= 0.6 is 15.9 Å². The number of hydrogen-bond donors (Lipinski definition) is 2. The number of pyridine rings is 1. The predicted octanol–water partition coefficient (Wildman–Crippen LogP) is 3.47. The van der Waals surface area contributed by atoms with Crippen LogP contribution in [0.4, 0.5) is 11.8 Å². The summed E-state index contributed by atoms with van der Waals surface area (Å²) in [6.07, 6.45) is 7.05. The van der Waals surface area contributed by atoms with Gasteiger partial charge in [-0.15, -0.1) is 0 Å². The Morgan fingerprint density at radius 2 is 1.79 bits per heavy atom. The second-order valence-electron chi connectivity index (χ2n) is 7.53. The van der Waals surface area contributed by atoms with Gasteiger partial charge in [-0.3, -0.25) is 9.78 Å². The van der Waals surface area contributed by atoms with Gasteiger partial charge in [-0.25, -0.2) is 4.98 Å². The van der Waals surface area contributed by atoms with Gasteiger partial charge in [-0.1, -0.05) is 0 Å². The maximum atomic E-state index is 12.4. The lowest BCUT2D eigenvalue weighted by Gasteiger charge is -2.30. The molecule has 1 aliphatic carbocycles. The molecule has 0 unspecified atom stereocenters. The quantitative estimate of drug-likeness (QED) is 0.731. The van der Waals surface area contributed by atoms with Gasteiger partial charge in [0.05, 0.1) is 5.56 Å². The fourth-order valence-electron chi connectivity index (χ4n) is 3.48. The molecule has 1 amide bonds. The molecule has 0 bridgehead atoms. The standard InChI is InChI=1S/C20H27BrN6O/c1-12-13(2)23-20(26-18(12)27(3)4)25-17-7-5-16(6-8-17)24-19(28)14-9-15(21)11-22-10-14/h9-11,16-17H,5-8H2,1-4H3,(H,24,28)(H,23,25,26). The summed E-state index contributed by atoms with van der Waals surface area (Å²) in [5.41, 5.74) is 2.67. The minimum Gasteiger partial charge on any atom is -0.362 e. The van der Waals surface area contributed by atoms with Crippen molar-refractivity contribution in [3.8, 4) is 0 Å². The van der Waals surface area contributed by atoms with Crippen molar-refractivity contribution in [2.45, 2.75) is 51.6 Å². The largest absolute Gasteiger partial charge is 0.362 e. The van der Waals surface area contributed by atoms with E-state index < -0.39 is 0 Å². The first kappa shape index (κ1) is 20.5. The van der Waals surface area contributed by atoms with E-state index in [1.165, 1.54) is 0 Å². The minimum absolute atomic E-state index is 0.0710. The molecule has 0 atom stereocenters. The average molecular weight is 447 g/mol. The Morgan fingerprint density at radius 3 is 2.43 bits per heavy atom. The van der Waals surface area contributed by atoms with Crippen molar-refractivity contribution in [1.82, 2.24) is 20.3 Å². The molecule has 2 aromatic rings. The van der Waals surface area contributed by atoms with Crippen LogP contribution in [0.5, 0.6) is 0 Å². The Kier molecular flexibility index (Phi) is 6.49. The smallest absolute Gasteiger partial charge is 0.253 e. The number of carbonyl (C=O) groups excluding carboxylic acids is 1. The number of halogens is 1. The number of hydrogen-bond acceptors (Lipinski definition) is 6. The molecule has 0 aromatic carbocycles. The van der Waals surface area contributed by atoms with Gasteiger partial charge in [0, 0.05) is 54.3 Å². The number of rotatable bonds is 5. The van der Waals surface area contributed by atoms with Gasteiger partial charge in [0.25, 0.3) is 5.91 Å². The minimum atomic E-state index is -0.0710. The first-order chi connectivity index (χ1) is 13.3. The zero-order valence-corrected chi connectivity index (χ0v) is 18.4. The molecular formula is C20H27BrN6O. The lowest BCUT2D eigenvalue weighted by atomic mass is 9.91. The summed E-state index contributed by atoms with van der Waals surface area (Å²) in [6, 6.07) is 2.29. The normalized spacial score (nSPS) is 19.2. The summed E-state index contributed by atoms with van der Waals surface area (Å²) in [5.74, 6) is 1.55. The molecule has 2 heterocycles. The lowest BCUT2D eigenvalue weighted by Crippen LogP contribution is -2.40. The number of aryl methyl sites for hydroxylation is 1. The van der Waals surface area contributed by atoms with Gasteiger partial charge in [0.1, 0.15) is 5.82 Å². The van der Waals surface area contributed by atoms with E-state index in [9.17, 15) is 4.79 Å². The maximum Gasteiger partial charge on any atom is 0.253 e. The van der Waals surface area contributed by atoms with E-state index in [2.05, 4.69) is 41.5 Å². The Balaban J connectivity index is 1.55. The molecule has 3 rings (SSSR count). The number of nitrogens with zero attached hydrogens (tertiary/aromatic N) is 4. The van der Waals surface area contributed by atoms with Crippen LogP contribution < -0.4 is 15.5 Å². The van der Waals surface area contributed by atoms with Crippen LogP contribution in [-0.2, 0) is 0 Å². The molecule has 150 valence electrons. The summed E-state index contributed by atoms with van der Waals surface area (Å²) in [6.45, 7) is 4.06. The number of carbonyl (C=O) groups is 1. The van der Waals surface area contributed by atoms with Crippen molar-refractivity contribution in [1.29, 1.82) is 0 Å². The second-order valence-corrected chi connectivity index (χ2v) is 8.45. The Labute approximate surface area is 174 Å². The third-order valence-corrected chi connectivity index (χ3v) is 5.58. The van der Waals surface area contributed by atoms with Gasteiger partial charge in [-0.05, 0) is 61.5 Å². The van der Waals surface area contributed by atoms with Gasteiger partial charge >= 0.3 is 0 Å². The molecule has 1 fully saturated rings. The fraction of sp³-hybridized carbons (Fsp3) is 0.500. The van der Waals surface area contributed by atoms with E-state index in [0.717, 1.165) is 47.2 Å². The molecule has 2 N–H and O–H groups in total. The van der Waals surface area contributed by atoms with E-state index in [1.807, 2.05) is 32.8 Å². The van der Waals surface area contributed by atoms with Crippen molar-refractivity contribution in [3.05, 3.63) is 39.8 Å². The molecule has 0 saturated heterocycles. The van der Waals surface area contributed by atoms with Crippen LogP contribution in [0, 0.1) is 13.8 Å². The van der Waals surface area contributed by atoms with Crippen molar-refractivity contribution < 1.29 is 4.79 Å². The fourth-order valence-corrected chi connectivity index (χ4v) is 3.85. The number of aromatic nitrogens is 3. The van der Waals surface area contributed by atoms with E-state index >= 15 is 0 Å². The molecule has 0 spiro atoms. The summed E-state index contributed by atoms with van der Waals surface area (Å²) in [4.78, 5) is 27.7. The predicted molar refractivity (Wildman–Crippen MR) is 115 cm³/mol. The number of amides is 1. The van der Waals surface area contributed by atoms with Crippen molar-refractivity contribution in [2.75, 3.05) is 24.3 Å². The molecular weight excluding hydrogens is 420 g/mol. The maximum absolute atomic E-state index is 12.4. The second kappa shape index (κ2) is 8.86. The van der Waals surface area contributed by atoms with Crippen molar-refractivity contribution in [3.63, 3.8) is 0 Å². The zero-order valence-electron chi connectivity index (χ0n) is 16.8. The molecule has 1 aliphatic rings. The van der Waals surface area contributed by atoms with Crippen LogP contribution in [0.2, 0.25) is 0 Å². The van der Waals surface area contributed by atoms with E-state index in [0.29, 0.717) is 17.6 Å². The van der Waals surface area contributed by atoms with E-state index in [1.54, 1.807) is 18.5 Å². The van der Waals surface area contributed by atoms with Crippen molar-refractivity contribution >= 4 is 33.6 Å². The Hall–Kier alpha value is -2.22. The molecule has 8 heteroatoms. The first-order valence-corrected chi connectivity index (χ1v) is 10.3. The first-order valence-electron chi connectivity index (χ1n) is 9.54. The van der Waals surface area contributed by atoms with Gasteiger partial charge in [-0.2, -0.15) is 4.98 Å². The van der Waals surface area contributed by atoms with Crippen LogP contribution in [0.15, 0.2) is 22.9 Å². The molecule has 0 aliphatic heterocycles. The summed E-state index contributed by atoms with van der Waals surface area (Å²) < 4.78 is 0.804. The zero-order chi connectivity index (χ0) is 20.3. The Morgan fingerprint density at radius 1 is 1.11 bits per heavy atom. The highest BCUT2D eigenvalue weighted by Crippen LogP contribution is 2.24. The molecule has 1 saturated carbocycles. The number of nitrogens with one attached hydrogen (secondary N) is 2.